The molecule has 7 nitrogen and oxygen atoms in total. The molecular formula is C21H41ClN4O3. The van der Waals surface area contributed by atoms with Gasteiger partial charge in [0.2, 0.25) is 5.91 Å². The van der Waals surface area contributed by atoms with Crippen molar-refractivity contribution in [2.24, 2.45) is 5.92 Å². The lowest BCUT2D eigenvalue weighted by molar-refractivity contribution is -0.138. The quantitative estimate of drug-likeness (QED) is 0.666. The molecule has 0 unspecified atom stereocenters. The normalized spacial score (nSPS) is 25.6. The van der Waals surface area contributed by atoms with Crippen molar-refractivity contribution in [3.8, 4) is 0 Å². The van der Waals surface area contributed by atoms with Gasteiger partial charge in [-0.05, 0) is 47.5 Å². The number of rotatable bonds is 1. The summed E-state index contributed by atoms with van der Waals surface area (Å²) in [5.41, 5.74) is -0.398. The Kier molecular flexibility index (Phi) is 10.7. The molecule has 3 fully saturated rings. The van der Waals surface area contributed by atoms with Crippen LogP contribution in [0.2, 0.25) is 0 Å². The van der Waals surface area contributed by atoms with Crippen LogP contribution in [0.25, 0.3) is 0 Å². The van der Waals surface area contributed by atoms with Gasteiger partial charge in [-0.3, -0.25) is 4.79 Å². The van der Waals surface area contributed by atoms with Crippen LogP contribution in [0.5, 0.6) is 0 Å². The van der Waals surface area contributed by atoms with E-state index in [0.29, 0.717) is 23.9 Å². The van der Waals surface area contributed by atoms with E-state index >= 15 is 0 Å². The number of hydrogen-bond donors (Lipinski definition) is 2. The highest BCUT2D eigenvalue weighted by Crippen LogP contribution is 2.27. The Morgan fingerprint density at radius 1 is 1.03 bits per heavy atom. The molecule has 0 bridgehead atoms. The monoisotopic (exact) mass is 432 g/mol. The molecule has 29 heavy (non-hydrogen) atoms. The highest BCUT2D eigenvalue weighted by Gasteiger charge is 2.30. The molecule has 2 aliphatic heterocycles. The van der Waals surface area contributed by atoms with Crippen LogP contribution in [0.3, 0.4) is 0 Å². The number of nitrogens with zero attached hydrogens (tertiary/aromatic N) is 2. The van der Waals surface area contributed by atoms with Crippen molar-refractivity contribution < 1.29 is 14.3 Å². The minimum absolute atomic E-state index is 0. The zero-order valence-electron chi connectivity index (χ0n) is 18.8. The Morgan fingerprint density at radius 3 is 2.24 bits per heavy atom. The van der Waals surface area contributed by atoms with Crippen LogP contribution in [0.1, 0.15) is 60.3 Å². The molecular weight excluding hydrogens is 392 g/mol. The smallest absolute Gasteiger partial charge is 0.410 e. The van der Waals surface area contributed by atoms with Gasteiger partial charge in [-0.25, -0.2) is 4.79 Å². The average molecular weight is 433 g/mol. The van der Waals surface area contributed by atoms with E-state index in [1.807, 2.05) is 20.8 Å². The molecule has 0 radical (unpaired) electrons. The molecule has 170 valence electrons. The van der Waals surface area contributed by atoms with E-state index in [1.54, 1.807) is 4.90 Å². The molecule has 0 aromatic heterocycles. The van der Waals surface area contributed by atoms with Crippen LogP contribution in [0, 0.1) is 5.92 Å². The molecule has 3 rings (SSSR count). The largest absolute Gasteiger partial charge is 0.444 e. The average Bonchev–Trinajstić information content (AvgIpc) is 3.15. The van der Waals surface area contributed by atoms with Crippen molar-refractivity contribution >= 4 is 24.4 Å². The minimum Gasteiger partial charge on any atom is -0.444 e. The molecule has 0 aromatic carbocycles. The fourth-order valence-corrected chi connectivity index (χ4v) is 4.00. The molecule has 8 heteroatoms. The van der Waals surface area contributed by atoms with Gasteiger partial charge in [0.25, 0.3) is 0 Å². The minimum atomic E-state index is -0.398. The van der Waals surface area contributed by atoms with Crippen molar-refractivity contribution in [2.45, 2.75) is 78.0 Å². The number of carbonyl (C=O) groups excluding carboxylic acids is 2. The summed E-state index contributed by atoms with van der Waals surface area (Å²) in [5.74, 6) is 0.757. The van der Waals surface area contributed by atoms with Crippen LogP contribution in [-0.4, -0.2) is 78.8 Å². The van der Waals surface area contributed by atoms with E-state index in [9.17, 15) is 9.59 Å². The highest BCUT2D eigenvalue weighted by molar-refractivity contribution is 5.85. The van der Waals surface area contributed by atoms with Gasteiger partial charge in [-0.15, -0.1) is 12.4 Å². The lowest BCUT2D eigenvalue weighted by Gasteiger charge is -2.35. The van der Waals surface area contributed by atoms with Crippen LogP contribution < -0.4 is 10.6 Å². The summed E-state index contributed by atoms with van der Waals surface area (Å²) in [6, 6.07) is 0.744. The summed E-state index contributed by atoms with van der Waals surface area (Å²) in [7, 11) is 0. The van der Waals surface area contributed by atoms with Crippen molar-refractivity contribution in [1.82, 2.24) is 20.4 Å². The molecule has 1 aliphatic carbocycles. The van der Waals surface area contributed by atoms with E-state index in [-0.39, 0.29) is 18.5 Å². The van der Waals surface area contributed by atoms with Crippen LogP contribution in [0.15, 0.2) is 0 Å². The van der Waals surface area contributed by atoms with E-state index in [0.717, 1.165) is 52.1 Å². The van der Waals surface area contributed by atoms with Gasteiger partial charge in [-0.1, -0.05) is 12.8 Å². The molecule has 2 heterocycles. The van der Waals surface area contributed by atoms with E-state index < -0.39 is 5.60 Å². The first-order chi connectivity index (χ1) is 13.2. The number of halogens is 1. The van der Waals surface area contributed by atoms with Crippen molar-refractivity contribution in [3.05, 3.63) is 0 Å². The first-order valence-electron chi connectivity index (χ1n) is 10.9. The highest BCUT2D eigenvalue weighted by atomic mass is 35.5. The third-order valence-electron chi connectivity index (χ3n) is 5.51. The van der Waals surface area contributed by atoms with Crippen molar-refractivity contribution in [2.75, 3.05) is 39.3 Å². The predicted octanol–water partition coefficient (Wildman–Crippen LogP) is 2.63. The molecule has 2 atom stereocenters. The molecule has 0 spiro atoms. The number of nitrogens with one attached hydrogen (secondary N) is 2. The van der Waals surface area contributed by atoms with Gasteiger partial charge in [0, 0.05) is 57.3 Å². The number of hydrogen-bond acceptors (Lipinski definition) is 5. The lowest BCUT2D eigenvalue weighted by Crippen LogP contribution is -2.53. The van der Waals surface area contributed by atoms with Crippen molar-refractivity contribution in [3.63, 3.8) is 0 Å². The molecule has 3 aliphatic rings. The summed E-state index contributed by atoms with van der Waals surface area (Å²) in [6.45, 7) is 15.0. The summed E-state index contributed by atoms with van der Waals surface area (Å²) < 4.78 is 5.28. The second-order valence-corrected chi connectivity index (χ2v) is 9.35. The second kappa shape index (κ2) is 12.0. The number of carbonyl (C=O) groups is 2. The maximum atomic E-state index is 12.1. The molecule has 0 aromatic rings. The fraction of sp³-hybridized carbons (Fsp3) is 0.905. The van der Waals surface area contributed by atoms with Gasteiger partial charge in [-0.2, -0.15) is 0 Å². The Morgan fingerprint density at radius 2 is 1.69 bits per heavy atom. The van der Waals surface area contributed by atoms with Gasteiger partial charge in [0.15, 0.2) is 0 Å². The third kappa shape index (κ3) is 8.69. The molecule has 2 N–H and O–H groups in total. The summed E-state index contributed by atoms with van der Waals surface area (Å²) >= 11 is 0. The zero-order chi connectivity index (χ0) is 20.7. The Bertz CT molecular complexity index is 521. The lowest BCUT2D eigenvalue weighted by atomic mass is 10.0. The predicted molar refractivity (Wildman–Crippen MR) is 119 cm³/mol. The maximum absolute atomic E-state index is 12.1. The second-order valence-electron chi connectivity index (χ2n) is 9.35. The van der Waals surface area contributed by atoms with Crippen LogP contribution in [-0.2, 0) is 9.53 Å². The fourth-order valence-electron chi connectivity index (χ4n) is 4.00. The summed E-state index contributed by atoms with van der Waals surface area (Å²) in [4.78, 5) is 27.6. The summed E-state index contributed by atoms with van der Waals surface area (Å²) in [6.07, 6.45) is 4.53. The van der Waals surface area contributed by atoms with Gasteiger partial charge >= 0.3 is 6.09 Å². The molecule has 2 amide bonds. The standard InChI is InChI=1S/C11H20N2O.C10H20N2O2.ClH/c1-9-8-12-6-7-13(9)11(14)10-4-2-3-5-10;1-8-7-12(6-5-11-8)9(13)14-10(2,3)4;/h9-10,12H,2-8H2,1H3;8,11H,5-7H2,1-4H3;1H/t9-;8-;/m00./s1. The first-order valence-corrected chi connectivity index (χ1v) is 10.9. The first kappa shape index (κ1) is 26.0. The zero-order valence-corrected chi connectivity index (χ0v) is 19.6. The Labute approximate surface area is 182 Å². The number of ether oxygens (including phenoxy) is 1. The Hall–Kier alpha value is -1.05. The number of piperazine rings is 2. The molecule has 1 saturated carbocycles. The topological polar surface area (TPSA) is 73.9 Å². The van der Waals surface area contributed by atoms with Gasteiger partial charge in [0.05, 0.1) is 0 Å². The SMILES string of the molecule is C[C@H]1CN(C(=O)OC(C)(C)C)CCN1.C[C@H]1CNCCN1C(=O)C1CCCC1.Cl. The summed E-state index contributed by atoms with van der Waals surface area (Å²) in [5, 5.41) is 6.60. The van der Waals surface area contributed by atoms with Gasteiger partial charge in [0.1, 0.15) is 5.60 Å². The third-order valence-corrected chi connectivity index (χ3v) is 5.51. The molecule has 2 saturated heterocycles. The maximum Gasteiger partial charge on any atom is 0.410 e. The van der Waals surface area contributed by atoms with Crippen LogP contribution in [0.4, 0.5) is 4.79 Å². The number of amides is 2. The van der Waals surface area contributed by atoms with Crippen molar-refractivity contribution in [1.29, 1.82) is 0 Å². The van der Waals surface area contributed by atoms with E-state index in [2.05, 4.69) is 29.4 Å². The Balaban J connectivity index is 0.000000280. The van der Waals surface area contributed by atoms with Crippen LogP contribution >= 0.6 is 12.4 Å². The van der Waals surface area contributed by atoms with E-state index in [4.69, 9.17) is 4.74 Å². The van der Waals surface area contributed by atoms with E-state index in [1.165, 1.54) is 12.8 Å². The van der Waals surface area contributed by atoms with Gasteiger partial charge < -0.3 is 25.2 Å².